The Bertz CT molecular complexity index is 1060. The molecule has 3 atom stereocenters. The number of nitrogens with one attached hydrogen (secondary N) is 1. The maximum atomic E-state index is 13.5. The Morgan fingerprint density at radius 2 is 1.94 bits per heavy atom. The standard InChI is InChI=1S/C24H31ClN2O7S/c1-2-32-22(29)8-10-23-17-27(35(30,31)19-6-4-3-5-7-19)11-9-18(23)14-24(33-12-13-34-24)15-20(23)26-21(28)16-25/h3-8,10,18,20H,2,9,11-17H2,1H3,(H,26,28)/b10-8+/t18-,20-,23-/m0/s1. The number of rotatable bonds is 7. The molecule has 192 valence electrons. The number of nitrogens with zero attached hydrogens (tertiary/aromatic N) is 1. The zero-order valence-corrected chi connectivity index (χ0v) is 21.2. The third kappa shape index (κ3) is 5.27. The van der Waals surface area contributed by atoms with Gasteiger partial charge in [-0.15, -0.1) is 11.6 Å². The van der Waals surface area contributed by atoms with Crippen LogP contribution in [0, 0.1) is 11.3 Å². The predicted octanol–water partition coefficient (Wildman–Crippen LogP) is 2.06. The van der Waals surface area contributed by atoms with Crippen molar-refractivity contribution in [1.82, 2.24) is 9.62 Å². The zero-order valence-electron chi connectivity index (χ0n) is 19.7. The summed E-state index contributed by atoms with van der Waals surface area (Å²) in [5, 5.41) is 2.97. The summed E-state index contributed by atoms with van der Waals surface area (Å²) in [7, 11) is -3.80. The van der Waals surface area contributed by atoms with Crippen molar-refractivity contribution in [3.63, 3.8) is 0 Å². The monoisotopic (exact) mass is 526 g/mol. The molecule has 1 spiro atoms. The Labute approximate surface area is 210 Å². The van der Waals surface area contributed by atoms with Crippen molar-refractivity contribution in [3.05, 3.63) is 42.5 Å². The molecule has 0 unspecified atom stereocenters. The second-order valence-corrected chi connectivity index (χ2v) is 11.3. The molecule has 4 rings (SSSR count). The van der Waals surface area contributed by atoms with Gasteiger partial charge in [0, 0.05) is 43.5 Å². The van der Waals surface area contributed by atoms with Gasteiger partial charge in [0.1, 0.15) is 5.88 Å². The van der Waals surface area contributed by atoms with E-state index in [-0.39, 0.29) is 29.8 Å². The highest BCUT2D eigenvalue weighted by atomic mass is 35.5. The SMILES string of the molecule is CCOC(=O)/C=C/[C@]12CN(S(=O)(=O)c3ccccc3)CC[C@H]1CC1(C[C@@H]2NC(=O)CCl)OCCO1. The van der Waals surface area contributed by atoms with Crippen LogP contribution in [-0.2, 0) is 33.8 Å². The molecule has 1 aliphatic carbocycles. The molecule has 3 aliphatic rings. The molecular weight excluding hydrogens is 496 g/mol. The second kappa shape index (κ2) is 10.6. The lowest BCUT2D eigenvalue weighted by Crippen LogP contribution is -2.66. The molecule has 2 saturated heterocycles. The number of esters is 1. The van der Waals surface area contributed by atoms with Gasteiger partial charge >= 0.3 is 5.97 Å². The molecule has 0 radical (unpaired) electrons. The van der Waals surface area contributed by atoms with Gasteiger partial charge < -0.3 is 19.5 Å². The minimum atomic E-state index is -3.80. The second-order valence-electron chi connectivity index (χ2n) is 9.10. The van der Waals surface area contributed by atoms with Crippen LogP contribution < -0.4 is 5.32 Å². The zero-order chi connectivity index (χ0) is 25.1. The first-order valence-corrected chi connectivity index (χ1v) is 13.8. The van der Waals surface area contributed by atoms with Gasteiger partial charge in [0.2, 0.25) is 15.9 Å². The normalized spacial score (nSPS) is 28.6. The molecule has 3 fully saturated rings. The fourth-order valence-corrected chi connectivity index (χ4v) is 7.16. The topological polar surface area (TPSA) is 111 Å². The van der Waals surface area contributed by atoms with Gasteiger partial charge in [0.15, 0.2) is 5.79 Å². The van der Waals surface area contributed by atoms with Crippen molar-refractivity contribution < 1.29 is 32.2 Å². The van der Waals surface area contributed by atoms with Gasteiger partial charge in [-0.1, -0.05) is 24.3 Å². The van der Waals surface area contributed by atoms with Crippen LogP contribution in [0.25, 0.3) is 0 Å². The number of piperidine rings is 1. The summed E-state index contributed by atoms with van der Waals surface area (Å²) in [5.74, 6) is -2.16. The van der Waals surface area contributed by atoms with E-state index in [0.717, 1.165) is 0 Å². The maximum Gasteiger partial charge on any atom is 0.330 e. The molecule has 1 saturated carbocycles. The molecule has 9 nitrogen and oxygen atoms in total. The van der Waals surface area contributed by atoms with Crippen LogP contribution in [0.4, 0.5) is 0 Å². The molecule has 0 bridgehead atoms. The van der Waals surface area contributed by atoms with E-state index < -0.39 is 39.1 Å². The highest BCUT2D eigenvalue weighted by molar-refractivity contribution is 7.89. The van der Waals surface area contributed by atoms with E-state index in [4.69, 9.17) is 25.8 Å². The number of alkyl halides is 1. The largest absolute Gasteiger partial charge is 0.463 e. The number of sulfonamides is 1. The maximum absolute atomic E-state index is 13.5. The molecule has 1 amide bonds. The van der Waals surface area contributed by atoms with E-state index in [1.54, 1.807) is 43.3 Å². The number of amides is 1. The number of carbonyl (C=O) groups is 2. The number of ether oxygens (including phenoxy) is 3. The van der Waals surface area contributed by atoms with E-state index >= 15 is 0 Å². The van der Waals surface area contributed by atoms with Crippen LogP contribution in [0.5, 0.6) is 0 Å². The average Bonchev–Trinajstić information content (AvgIpc) is 3.31. The summed E-state index contributed by atoms with van der Waals surface area (Å²) in [6.07, 6.45) is 4.37. The average molecular weight is 527 g/mol. The first-order chi connectivity index (χ1) is 16.7. The summed E-state index contributed by atoms with van der Waals surface area (Å²) in [4.78, 5) is 25.0. The van der Waals surface area contributed by atoms with Gasteiger partial charge in [-0.05, 0) is 31.4 Å². The van der Waals surface area contributed by atoms with Crippen LogP contribution in [0.1, 0.15) is 26.2 Å². The Balaban J connectivity index is 1.76. The molecule has 11 heteroatoms. The van der Waals surface area contributed by atoms with Crippen molar-refractivity contribution >= 4 is 33.5 Å². The van der Waals surface area contributed by atoms with Crippen molar-refractivity contribution in [3.8, 4) is 0 Å². The van der Waals surface area contributed by atoms with Gasteiger partial charge in [0.25, 0.3) is 0 Å². The lowest BCUT2D eigenvalue weighted by atomic mass is 9.58. The van der Waals surface area contributed by atoms with Crippen LogP contribution in [0.15, 0.2) is 47.4 Å². The Hall–Kier alpha value is -1.98. The highest BCUT2D eigenvalue weighted by Crippen LogP contribution is 2.53. The summed E-state index contributed by atoms with van der Waals surface area (Å²) >= 11 is 5.82. The summed E-state index contributed by atoms with van der Waals surface area (Å²) < 4.78 is 45.6. The Morgan fingerprint density at radius 1 is 1.23 bits per heavy atom. The van der Waals surface area contributed by atoms with E-state index in [9.17, 15) is 18.0 Å². The van der Waals surface area contributed by atoms with E-state index in [1.807, 2.05) is 0 Å². The fraction of sp³-hybridized carbons (Fsp3) is 0.583. The number of hydrogen-bond acceptors (Lipinski definition) is 7. The highest BCUT2D eigenvalue weighted by Gasteiger charge is 2.59. The lowest BCUT2D eigenvalue weighted by Gasteiger charge is -2.56. The van der Waals surface area contributed by atoms with Crippen LogP contribution in [-0.4, -0.2) is 75.2 Å². The quantitative estimate of drug-likeness (QED) is 0.329. The van der Waals surface area contributed by atoms with Crippen LogP contribution in [0.2, 0.25) is 0 Å². The van der Waals surface area contributed by atoms with E-state index in [2.05, 4.69) is 5.32 Å². The predicted molar refractivity (Wildman–Crippen MR) is 128 cm³/mol. The number of hydrogen-bond donors (Lipinski definition) is 1. The summed E-state index contributed by atoms with van der Waals surface area (Å²) in [6, 6.07) is 7.66. The molecule has 2 heterocycles. The number of fused-ring (bicyclic) bond motifs is 1. The third-order valence-electron chi connectivity index (χ3n) is 7.13. The first-order valence-electron chi connectivity index (χ1n) is 11.8. The molecule has 1 N–H and O–H groups in total. The van der Waals surface area contributed by atoms with Gasteiger partial charge in [0.05, 0.1) is 24.7 Å². The van der Waals surface area contributed by atoms with Gasteiger partial charge in [-0.25, -0.2) is 13.2 Å². The molecule has 1 aromatic rings. The minimum absolute atomic E-state index is 0.0775. The van der Waals surface area contributed by atoms with Gasteiger partial charge in [-0.3, -0.25) is 4.79 Å². The molecule has 35 heavy (non-hydrogen) atoms. The molecule has 1 aromatic carbocycles. The Morgan fingerprint density at radius 3 is 2.60 bits per heavy atom. The number of benzene rings is 1. The number of carbonyl (C=O) groups excluding carboxylic acids is 2. The van der Waals surface area contributed by atoms with Crippen LogP contribution in [0.3, 0.4) is 0 Å². The molecular formula is C24H31ClN2O7S. The van der Waals surface area contributed by atoms with Gasteiger partial charge in [-0.2, -0.15) is 4.31 Å². The first kappa shape index (κ1) is 26.1. The summed E-state index contributed by atoms with van der Waals surface area (Å²) in [6.45, 7) is 3.19. The van der Waals surface area contributed by atoms with E-state index in [1.165, 1.54) is 10.4 Å². The fourth-order valence-electron chi connectivity index (χ4n) is 5.54. The van der Waals surface area contributed by atoms with Crippen molar-refractivity contribution in [2.75, 3.05) is 38.8 Å². The smallest absolute Gasteiger partial charge is 0.330 e. The number of halogens is 1. The molecule has 0 aromatic heterocycles. The van der Waals surface area contributed by atoms with Crippen molar-refractivity contribution in [2.24, 2.45) is 11.3 Å². The van der Waals surface area contributed by atoms with Crippen molar-refractivity contribution in [2.45, 2.75) is 42.9 Å². The minimum Gasteiger partial charge on any atom is -0.463 e. The lowest BCUT2D eigenvalue weighted by molar-refractivity contribution is -0.215. The summed E-state index contributed by atoms with van der Waals surface area (Å²) in [5.41, 5.74) is -0.894. The van der Waals surface area contributed by atoms with E-state index in [0.29, 0.717) is 39.0 Å². The van der Waals surface area contributed by atoms with Crippen LogP contribution >= 0.6 is 11.6 Å². The Kier molecular flexibility index (Phi) is 7.87. The molecule has 2 aliphatic heterocycles. The van der Waals surface area contributed by atoms with Crippen molar-refractivity contribution in [1.29, 1.82) is 0 Å². The third-order valence-corrected chi connectivity index (χ3v) is 9.23.